The van der Waals surface area contributed by atoms with Crippen LogP contribution < -0.4 is 4.74 Å². The Hall–Kier alpha value is -3.08. The van der Waals surface area contributed by atoms with E-state index in [1.807, 2.05) is 0 Å². The fourth-order valence-electron chi connectivity index (χ4n) is 3.35. The molecule has 0 radical (unpaired) electrons. The number of halogens is 12. The predicted octanol–water partition coefficient (Wildman–Crippen LogP) is 7.92. The third-order valence-corrected chi connectivity index (χ3v) is 5.91. The van der Waals surface area contributed by atoms with Gasteiger partial charge in [0, 0.05) is 33.6 Å². The fourth-order valence-corrected chi connectivity index (χ4v) is 4.16. The lowest BCUT2D eigenvalue weighted by molar-refractivity contribution is -0.348. The molecule has 3 aromatic rings. The van der Waals surface area contributed by atoms with Crippen LogP contribution in [0.2, 0.25) is 5.15 Å². The summed E-state index contributed by atoms with van der Waals surface area (Å²) in [5.41, 5.74) is -10.1. The number of hydrogen-bond acceptors (Lipinski definition) is 5. The van der Waals surface area contributed by atoms with Crippen LogP contribution in [-0.4, -0.2) is 46.5 Å². The monoisotopic (exact) mass is 657 g/mol. The molecule has 1 N–H and O–H groups in total. The molecular formula is C21H11BrClF10N3O3. The van der Waals surface area contributed by atoms with Crippen LogP contribution in [0.25, 0.3) is 22.4 Å². The topological polar surface area (TPSA) is 77.1 Å². The maximum absolute atomic E-state index is 14.7. The number of alkyl halides is 10. The molecule has 212 valence electrons. The van der Waals surface area contributed by atoms with Crippen molar-refractivity contribution in [3.05, 3.63) is 51.3 Å². The standard InChI is InChI=1S/C21H11BrClF10N3O3/c1-2-38-17(37)10-3-8(6-34-16(10)23)11-7-35-36-15(11)14-12(22)4-9(5-13(14)39-21(31,32)33)18(24,19(25,26)27)20(28,29)30/h3-7H,2H2,1H3,(H,35,36). The van der Waals surface area contributed by atoms with Gasteiger partial charge in [-0.15, -0.1) is 13.2 Å². The normalized spacial score (nSPS) is 12.9. The van der Waals surface area contributed by atoms with Crippen LogP contribution in [0.5, 0.6) is 5.75 Å². The summed E-state index contributed by atoms with van der Waals surface area (Å²) in [4.78, 5) is 15.9. The second-order valence-electron chi connectivity index (χ2n) is 7.46. The highest BCUT2D eigenvalue weighted by atomic mass is 79.9. The first kappa shape index (κ1) is 30.5. The van der Waals surface area contributed by atoms with E-state index >= 15 is 0 Å². The Balaban J connectivity index is 2.30. The molecule has 2 heterocycles. The highest BCUT2D eigenvalue weighted by molar-refractivity contribution is 9.10. The number of nitrogens with one attached hydrogen (secondary N) is 1. The van der Waals surface area contributed by atoms with Gasteiger partial charge in [-0.1, -0.05) is 11.6 Å². The summed E-state index contributed by atoms with van der Waals surface area (Å²) in [6.45, 7) is 1.43. The molecule has 18 heteroatoms. The lowest BCUT2D eigenvalue weighted by Crippen LogP contribution is -2.50. The van der Waals surface area contributed by atoms with Gasteiger partial charge in [-0.25, -0.2) is 14.2 Å². The van der Waals surface area contributed by atoms with E-state index in [9.17, 15) is 48.7 Å². The zero-order valence-corrected chi connectivity index (χ0v) is 21.1. The average molecular weight is 659 g/mol. The molecular weight excluding hydrogens is 648 g/mol. The van der Waals surface area contributed by atoms with Crippen molar-refractivity contribution in [1.82, 2.24) is 15.2 Å². The minimum atomic E-state index is -6.61. The van der Waals surface area contributed by atoms with Gasteiger partial charge in [-0.05, 0) is 41.1 Å². The highest BCUT2D eigenvalue weighted by Gasteiger charge is 2.73. The zero-order valence-electron chi connectivity index (χ0n) is 18.7. The molecule has 0 saturated carbocycles. The number of nitrogens with zero attached hydrogens (tertiary/aromatic N) is 2. The van der Waals surface area contributed by atoms with Crippen LogP contribution in [-0.2, 0) is 10.4 Å². The Bertz CT molecular complexity index is 1370. The van der Waals surface area contributed by atoms with Crippen LogP contribution in [0.1, 0.15) is 22.8 Å². The molecule has 2 aromatic heterocycles. The number of aromatic amines is 1. The Morgan fingerprint density at radius 1 is 1.03 bits per heavy atom. The van der Waals surface area contributed by atoms with E-state index < -0.39 is 57.4 Å². The van der Waals surface area contributed by atoms with Gasteiger partial charge in [0.1, 0.15) is 16.6 Å². The Labute approximate surface area is 224 Å². The number of carbonyl (C=O) groups excluding carboxylic acids is 1. The van der Waals surface area contributed by atoms with Crippen LogP contribution in [0.15, 0.2) is 35.1 Å². The molecule has 1 aromatic carbocycles. The van der Waals surface area contributed by atoms with Gasteiger partial charge >= 0.3 is 30.4 Å². The van der Waals surface area contributed by atoms with Crippen molar-refractivity contribution in [3.63, 3.8) is 0 Å². The predicted molar refractivity (Wildman–Crippen MR) is 118 cm³/mol. The molecule has 39 heavy (non-hydrogen) atoms. The molecule has 0 aliphatic carbocycles. The summed E-state index contributed by atoms with van der Waals surface area (Å²) < 4.78 is 142. The molecule has 0 aliphatic rings. The molecule has 0 bridgehead atoms. The summed E-state index contributed by atoms with van der Waals surface area (Å²) in [5, 5.41) is 5.68. The van der Waals surface area contributed by atoms with Crippen molar-refractivity contribution in [1.29, 1.82) is 0 Å². The first-order valence-corrected chi connectivity index (χ1v) is 11.3. The molecule has 0 saturated heterocycles. The molecule has 6 nitrogen and oxygen atoms in total. The van der Waals surface area contributed by atoms with Gasteiger partial charge in [-0.2, -0.15) is 31.4 Å². The molecule has 0 unspecified atom stereocenters. The minimum absolute atomic E-state index is 0.00215. The van der Waals surface area contributed by atoms with E-state index in [1.165, 1.54) is 6.92 Å². The molecule has 3 rings (SSSR count). The summed E-state index contributed by atoms with van der Waals surface area (Å²) in [5.74, 6) is -2.57. The van der Waals surface area contributed by atoms with E-state index in [1.54, 1.807) is 0 Å². The number of esters is 1. The number of pyridine rings is 1. The second kappa shape index (κ2) is 10.5. The third-order valence-electron chi connectivity index (χ3n) is 4.98. The van der Waals surface area contributed by atoms with E-state index in [2.05, 4.69) is 35.8 Å². The largest absolute Gasteiger partial charge is 0.573 e. The summed E-state index contributed by atoms with van der Waals surface area (Å²) in [6.07, 6.45) is -16.8. The number of rotatable bonds is 6. The first-order chi connectivity index (χ1) is 17.8. The Morgan fingerprint density at radius 2 is 1.64 bits per heavy atom. The average Bonchev–Trinajstić information content (AvgIpc) is 3.25. The van der Waals surface area contributed by atoms with Crippen LogP contribution in [0, 0.1) is 0 Å². The molecule has 0 amide bonds. The maximum atomic E-state index is 14.7. The number of hydrogen-bond donors (Lipinski definition) is 1. The maximum Gasteiger partial charge on any atom is 0.573 e. The lowest BCUT2D eigenvalue weighted by Gasteiger charge is -2.31. The van der Waals surface area contributed by atoms with Crippen molar-refractivity contribution >= 4 is 33.5 Å². The number of carbonyl (C=O) groups is 1. The molecule has 0 aliphatic heterocycles. The van der Waals surface area contributed by atoms with Crippen molar-refractivity contribution in [2.75, 3.05) is 6.61 Å². The van der Waals surface area contributed by atoms with Crippen molar-refractivity contribution in [3.8, 4) is 28.1 Å². The fraction of sp³-hybridized carbons (Fsp3) is 0.286. The van der Waals surface area contributed by atoms with Gasteiger partial charge in [0.2, 0.25) is 0 Å². The quantitative estimate of drug-likeness (QED) is 0.166. The van der Waals surface area contributed by atoms with Gasteiger partial charge in [-0.3, -0.25) is 5.10 Å². The minimum Gasteiger partial charge on any atom is -0.462 e. The third kappa shape index (κ3) is 5.92. The number of aromatic nitrogens is 3. The Kier molecular flexibility index (Phi) is 8.18. The van der Waals surface area contributed by atoms with E-state index in [4.69, 9.17) is 16.3 Å². The van der Waals surface area contributed by atoms with Crippen LogP contribution in [0.3, 0.4) is 0 Å². The van der Waals surface area contributed by atoms with Gasteiger partial charge in [0.15, 0.2) is 0 Å². The van der Waals surface area contributed by atoms with Crippen molar-refractivity contribution in [2.24, 2.45) is 0 Å². The summed E-state index contributed by atoms with van der Waals surface area (Å²) in [6, 6.07) is 0.730. The van der Waals surface area contributed by atoms with Gasteiger partial charge in [0.05, 0.1) is 17.7 Å². The van der Waals surface area contributed by atoms with E-state index in [0.29, 0.717) is 0 Å². The van der Waals surface area contributed by atoms with E-state index in [-0.39, 0.29) is 40.6 Å². The Morgan fingerprint density at radius 3 is 2.18 bits per heavy atom. The number of H-pyrrole nitrogens is 1. The zero-order chi connectivity index (χ0) is 29.6. The van der Waals surface area contributed by atoms with E-state index in [0.717, 1.165) is 18.5 Å². The smallest absolute Gasteiger partial charge is 0.462 e. The van der Waals surface area contributed by atoms with Crippen molar-refractivity contribution < 1.29 is 58.2 Å². The number of benzene rings is 1. The second-order valence-corrected chi connectivity index (χ2v) is 8.68. The van der Waals surface area contributed by atoms with Crippen LogP contribution >= 0.6 is 27.5 Å². The van der Waals surface area contributed by atoms with Crippen LogP contribution in [0.4, 0.5) is 43.9 Å². The molecule has 0 fully saturated rings. The molecule has 0 atom stereocenters. The highest BCUT2D eigenvalue weighted by Crippen LogP contribution is 2.55. The number of ether oxygens (including phenoxy) is 2. The van der Waals surface area contributed by atoms with Gasteiger partial charge in [0.25, 0.3) is 0 Å². The van der Waals surface area contributed by atoms with Gasteiger partial charge < -0.3 is 9.47 Å². The summed E-state index contributed by atoms with van der Waals surface area (Å²) >= 11 is 8.51. The SMILES string of the molecule is CCOC(=O)c1cc(-c2c[nH]nc2-c2c(Br)cc(C(F)(C(F)(F)F)C(F)(F)F)cc2OC(F)(F)F)cnc1Cl. The van der Waals surface area contributed by atoms with Crippen molar-refractivity contribution in [2.45, 2.75) is 31.3 Å². The summed E-state index contributed by atoms with van der Waals surface area (Å²) in [7, 11) is 0. The lowest BCUT2D eigenvalue weighted by atomic mass is 9.91. The first-order valence-electron chi connectivity index (χ1n) is 10.1. The molecule has 0 spiro atoms.